The molecule has 1 aromatic rings. The van der Waals surface area contributed by atoms with Gasteiger partial charge in [0.15, 0.2) is 0 Å². The van der Waals surface area contributed by atoms with Gasteiger partial charge in [-0.05, 0) is 39.3 Å². The Hall–Kier alpha value is -0.800. The zero-order chi connectivity index (χ0) is 12.1. The fraction of sp³-hybridized carbons (Fsp3) is 0.692. The smallest absolute Gasteiger partial charge is 0.0383 e. The molecule has 0 aliphatic heterocycles. The van der Waals surface area contributed by atoms with Gasteiger partial charge in [-0.15, -0.1) is 0 Å². The van der Waals surface area contributed by atoms with Crippen molar-refractivity contribution in [3.05, 3.63) is 23.5 Å². The summed E-state index contributed by atoms with van der Waals surface area (Å²) >= 11 is 0. The lowest BCUT2D eigenvalue weighted by atomic mass is 10.4. The Labute approximate surface area is 99.7 Å². The molecule has 0 amide bonds. The van der Waals surface area contributed by atoms with Crippen molar-refractivity contribution in [1.29, 1.82) is 0 Å². The van der Waals surface area contributed by atoms with Gasteiger partial charge in [-0.3, -0.25) is 0 Å². The van der Waals surface area contributed by atoms with Crippen LogP contribution in [0, 0.1) is 0 Å². The maximum atomic E-state index is 2.32. The first-order chi connectivity index (χ1) is 7.58. The van der Waals surface area contributed by atoms with Crippen LogP contribution in [-0.4, -0.2) is 41.6 Å². The number of aromatic nitrogens is 1. The molecule has 0 aromatic carbocycles. The van der Waals surface area contributed by atoms with Crippen LogP contribution in [0.15, 0.2) is 12.1 Å². The molecule has 0 unspecified atom stereocenters. The lowest BCUT2D eigenvalue weighted by molar-refractivity contribution is 0.325. The van der Waals surface area contributed by atoms with Gasteiger partial charge in [-0.25, -0.2) is 0 Å². The standard InChI is InChI=1S/C13H25N3/c1-6-14(3)10-12-8-9-13(16(12)5)11-15(4)7-2/h8-9H,6-7,10-11H2,1-5H3. The minimum Gasteiger partial charge on any atom is -0.349 e. The van der Waals surface area contributed by atoms with Crippen molar-refractivity contribution in [3.8, 4) is 0 Å². The summed E-state index contributed by atoms with van der Waals surface area (Å²) in [6, 6.07) is 4.48. The highest BCUT2D eigenvalue weighted by Gasteiger charge is 2.07. The summed E-state index contributed by atoms with van der Waals surface area (Å²) in [6.45, 7) is 8.62. The third-order valence-electron chi connectivity index (χ3n) is 3.27. The molecule has 1 rings (SSSR count). The molecule has 0 atom stereocenters. The maximum Gasteiger partial charge on any atom is 0.0383 e. The van der Waals surface area contributed by atoms with E-state index in [4.69, 9.17) is 0 Å². The van der Waals surface area contributed by atoms with Gasteiger partial charge in [0.1, 0.15) is 0 Å². The number of nitrogens with zero attached hydrogens (tertiary/aromatic N) is 3. The molecule has 1 aromatic heterocycles. The Bertz CT molecular complexity index is 287. The quantitative estimate of drug-likeness (QED) is 0.730. The van der Waals surface area contributed by atoms with E-state index < -0.39 is 0 Å². The molecule has 16 heavy (non-hydrogen) atoms. The first-order valence-corrected chi connectivity index (χ1v) is 6.09. The minimum absolute atomic E-state index is 1.03. The number of hydrogen-bond donors (Lipinski definition) is 0. The van der Waals surface area contributed by atoms with Crippen molar-refractivity contribution >= 4 is 0 Å². The Balaban J connectivity index is 2.68. The van der Waals surface area contributed by atoms with E-state index in [0.29, 0.717) is 0 Å². The molecule has 3 nitrogen and oxygen atoms in total. The van der Waals surface area contributed by atoms with Crippen LogP contribution in [0.2, 0.25) is 0 Å². The fourth-order valence-corrected chi connectivity index (χ4v) is 1.69. The highest BCUT2D eigenvalue weighted by atomic mass is 15.1. The van der Waals surface area contributed by atoms with Crippen LogP contribution in [-0.2, 0) is 20.1 Å². The van der Waals surface area contributed by atoms with Crippen LogP contribution in [0.3, 0.4) is 0 Å². The van der Waals surface area contributed by atoms with E-state index in [2.05, 4.69) is 61.5 Å². The third-order valence-corrected chi connectivity index (χ3v) is 3.27. The van der Waals surface area contributed by atoms with Crippen LogP contribution in [0.25, 0.3) is 0 Å². The van der Waals surface area contributed by atoms with Crippen molar-refractivity contribution < 1.29 is 0 Å². The van der Waals surface area contributed by atoms with Crippen molar-refractivity contribution in [3.63, 3.8) is 0 Å². The third kappa shape index (κ3) is 3.35. The summed E-state index contributed by atoms with van der Waals surface area (Å²) in [4.78, 5) is 4.64. The van der Waals surface area contributed by atoms with E-state index in [1.807, 2.05) is 0 Å². The molecular weight excluding hydrogens is 198 g/mol. The van der Waals surface area contributed by atoms with Gasteiger partial charge in [0.25, 0.3) is 0 Å². The second-order valence-electron chi connectivity index (χ2n) is 4.54. The molecule has 0 saturated heterocycles. The molecule has 0 aliphatic carbocycles. The Kier molecular flexibility index (Phi) is 5.03. The molecule has 0 aliphatic rings. The summed E-state index contributed by atoms with van der Waals surface area (Å²) < 4.78 is 2.32. The van der Waals surface area contributed by atoms with Crippen LogP contribution in [0.1, 0.15) is 25.2 Å². The summed E-state index contributed by atoms with van der Waals surface area (Å²) in [5.41, 5.74) is 2.78. The molecule has 0 saturated carbocycles. The molecule has 92 valence electrons. The van der Waals surface area contributed by atoms with E-state index in [9.17, 15) is 0 Å². The Morgan fingerprint density at radius 3 is 1.62 bits per heavy atom. The van der Waals surface area contributed by atoms with Gasteiger partial charge in [0, 0.05) is 31.5 Å². The average Bonchev–Trinajstić information content (AvgIpc) is 2.61. The largest absolute Gasteiger partial charge is 0.349 e. The molecular formula is C13H25N3. The van der Waals surface area contributed by atoms with Crippen molar-refractivity contribution in [1.82, 2.24) is 14.4 Å². The molecule has 3 heteroatoms. The van der Waals surface area contributed by atoms with Crippen LogP contribution >= 0.6 is 0 Å². The van der Waals surface area contributed by atoms with Gasteiger partial charge in [-0.1, -0.05) is 13.8 Å². The normalized spacial score (nSPS) is 11.7. The summed E-state index contributed by atoms with van der Waals surface area (Å²) in [5, 5.41) is 0. The first kappa shape index (κ1) is 13.3. The number of hydrogen-bond acceptors (Lipinski definition) is 2. The second kappa shape index (κ2) is 6.06. The predicted octanol–water partition coefficient (Wildman–Crippen LogP) is 1.93. The molecule has 0 radical (unpaired) electrons. The van der Waals surface area contributed by atoms with Crippen molar-refractivity contribution in [2.75, 3.05) is 27.2 Å². The minimum atomic E-state index is 1.03. The Morgan fingerprint density at radius 2 is 1.31 bits per heavy atom. The lowest BCUT2D eigenvalue weighted by Crippen LogP contribution is -2.21. The van der Waals surface area contributed by atoms with Crippen LogP contribution < -0.4 is 0 Å². The average molecular weight is 223 g/mol. The summed E-state index contributed by atoms with van der Waals surface area (Å²) in [5.74, 6) is 0. The highest BCUT2D eigenvalue weighted by molar-refractivity contribution is 5.15. The maximum absolute atomic E-state index is 2.32. The first-order valence-electron chi connectivity index (χ1n) is 6.09. The number of rotatable bonds is 6. The second-order valence-corrected chi connectivity index (χ2v) is 4.54. The van der Waals surface area contributed by atoms with Gasteiger partial charge < -0.3 is 14.4 Å². The van der Waals surface area contributed by atoms with E-state index in [0.717, 1.165) is 26.2 Å². The lowest BCUT2D eigenvalue weighted by Gasteiger charge is -2.17. The summed E-state index contributed by atoms with van der Waals surface area (Å²) in [7, 11) is 6.48. The SMILES string of the molecule is CCN(C)Cc1ccc(CN(C)CC)n1C. The molecule has 0 spiro atoms. The van der Waals surface area contributed by atoms with Gasteiger partial charge >= 0.3 is 0 Å². The zero-order valence-electron chi connectivity index (χ0n) is 11.3. The van der Waals surface area contributed by atoms with E-state index in [-0.39, 0.29) is 0 Å². The van der Waals surface area contributed by atoms with Gasteiger partial charge in [0.05, 0.1) is 0 Å². The topological polar surface area (TPSA) is 11.4 Å². The van der Waals surface area contributed by atoms with Crippen LogP contribution in [0.4, 0.5) is 0 Å². The molecule has 0 N–H and O–H groups in total. The van der Waals surface area contributed by atoms with E-state index in [1.54, 1.807) is 0 Å². The molecule has 0 bridgehead atoms. The van der Waals surface area contributed by atoms with Gasteiger partial charge in [0.2, 0.25) is 0 Å². The Morgan fingerprint density at radius 1 is 0.938 bits per heavy atom. The van der Waals surface area contributed by atoms with Crippen molar-refractivity contribution in [2.45, 2.75) is 26.9 Å². The fourth-order valence-electron chi connectivity index (χ4n) is 1.69. The van der Waals surface area contributed by atoms with Crippen LogP contribution in [0.5, 0.6) is 0 Å². The van der Waals surface area contributed by atoms with Crippen molar-refractivity contribution in [2.24, 2.45) is 7.05 Å². The molecule has 1 heterocycles. The monoisotopic (exact) mass is 223 g/mol. The van der Waals surface area contributed by atoms with E-state index in [1.165, 1.54) is 11.4 Å². The predicted molar refractivity (Wildman–Crippen MR) is 69.4 cm³/mol. The van der Waals surface area contributed by atoms with Gasteiger partial charge in [-0.2, -0.15) is 0 Å². The van der Waals surface area contributed by atoms with E-state index >= 15 is 0 Å². The molecule has 0 fully saturated rings. The summed E-state index contributed by atoms with van der Waals surface area (Å²) in [6.07, 6.45) is 0. The highest BCUT2D eigenvalue weighted by Crippen LogP contribution is 2.11. The zero-order valence-corrected chi connectivity index (χ0v) is 11.3.